The van der Waals surface area contributed by atoms with E-state index in [0.29, 0.717) is 6.61 Å². The van der Waals surface area contributed by atoms with E-state index >= 15 is 0 Å². The molecule has 86 valence electrons. The Morgan fingerprint density at radius 3 is 2.67 bits per heavy atom. The van der Waals surface area contributed by atoms with Crippen LogP contribution in [0.1, 0.15) is 38.5 Å². The molecule has 4 heteroatoms. The number of hydrogen-bond donors (Lipinski definition) is 2. The molecule has 0 aromatic carbocycles. The van der Waals surface area contributed by atoms with Crippen molar-refractivity contribution in [3.8, 4) is 0 Å². The van der Waals surface area contributed by atoms with Crippen LogP contribution in [-0.2, 0) is 9.63 Å². The second-order valence-corrected chi connectivity index (χ2v) is 4.03. The van der Waals surface area contributed by atoms with Gasteiger partial charge in [-0.15, -0.1) is 0 Å². The zero-order valence-electron chi connectivity index (χ0n) is 9.00. The summed E-state index contributed by atoms with van der Waals surface area (Å²) in [6, 6.07) is 0. The molecule has 0 atom stereocenters. The van der Waals surface area contributed by atoms with E-state index in [9.17, 15) is 4.79 Å². The van der Waals surface area contributed by atoms with Crippen molar-refractivity contribution < 1.29 is 14.7 Å². The van der Waals surface area contributed by atoms with Crippen molar-refractivity contribution in [3.63, 3.8) is 0 Å². The van der Waals surface area contributed by atoms with E-state index in [1.54, 1.807) is 0 Å². The predicted molar refractivity (Wildman–Crippen MR) is 57.1 cm³/mol. The van der Waals surface area contributed by atoms with Gasteiger partial charge in [-0.1, -0.05) is 38.7 Å². The number of aliphatic carboxylic acids is 1. The Hall–Kier alpha value is -1.03. The quantitative estimate of drug-likeness (QED) is 0.403. The second kappa shape index (κ2) is 6.45. The van der Waals surface area contributed by atoms with E-state index in [0.717, 1.165) is 12.3 Å². The first-order valence-corrected chi connectivity index (χ1v) is 5.50. The second-order valence-electron chi connectivity index (χ2n) is 4.03. The lowest BCUT2D eigenvalue weighted by atomic mass is 9.87. The summed E-state index contributed by atoms with van der Waals surface area (Å²) in [5.41, 5.74) is 2.22. The molecule has 0 radical (unpaired) electrons. The monoisotopic (exact) mass is 213 g/mol. The van der Waals surface area contributed by atoms with Gasteiger partial charge < -0.3 is 5.11 Å². The zero-order chi connectivity index (χ0) is 11.1. The maximum atomic E-state index is 10.4. The average molecular weight is 213 g/mol. The van der Waals surface area contributed by atoms with Gasteiger partial charge in [-0.25, -0.2) is 4.79 Å². The van der Waals surface area contributed by atoms with Gasteiger partial charge in [0, 0.05) is 0 Å². The third-order valence-electron chi connectivity index (χ3n) is 2.81. The van der Waals surface area contributed by atoms with Crippen LogP contribution in [0.3, 0.4) is 0 Å². The van der Waals surface area contributed by atoms with Gasteiger partial charge in [0.05, 0.1) is 6.61 Å². The van der Waals surface area contributed by atoms with Crippen LogP contribution in [0.25, 0.3) is 0 Å². The van der Waals surface area contributed by atoms with E-state index in [1.807, 2.05) is 0 Å². The van der Waals surface area contributed by atoms with Gasteiger partial charge in [-0.3, -0.25) is 10.3 Å². The zero-order valence-corrected chi connectivity index (χ0v) is 9.00. The lowest BCUT2D eigenvalue weighted by Gasteiger charge is -2.21. The van der Waals surface area contributed by atoms with Gasteiger partial charge in [0.15, 0.2) is 0 Å². The first kappa shape index (κ1) is 12.0. The summed E-state index contributed by atoms with van der Waals surface area (Å²) in [5, 5.41) is 8.49. The third-order valence-corrected chi connectivity index (χ3v) is 2.81. The molecule has 2 N–H and O–H groups in total. The van der Waals surface area contributed by atoms with Crippen LogP contribution in [0.2, 0.25) is 0 Å². The standard InChI is InChI=1S/C11H19NO3/c1-9(11(13)14)12-15-8-7-10-5-3-2-4-6-10/h10,12H,1-8H2,(H,13,14). The maximum Gasteiger partial charge on any atom is 0.353 e. The minimum Gasteiger partial charge on any atom is -0.477 e. The summed E-state index contributed by atoms with van der Waals surface area (Å²) in [6.45, 7) is 3.86. The summed E-state index contributed by atoms with van der Waals surface area (Å²) < 4.78 is 0. The van der Waals surface area contributed by atoms with E-state index in [-0.39, 0.29) is 5.70 Å². The topological polar surface area (TPSA) is 58.6 Å². The fourth-order valence-electron chi connectivity index (χ4n) is 1.88. The first-order valence-electron chi connectivity index (χ1n) is 5.50. The fourth-order valence-corrected chi connectivity index (χ4v) is 1.88. The summed E-state index contributed by atoms with van der Waals surface area (Å²) in [5.74, 6) is -0.327. The maximum absolute atomic E-state index is 10.4. The minimum atomic E-state index is -1.08. The first-order chi connectivity index (χ1) is 7.20. The Morgan fingerprint density at radius 1 is 1.40 bits per heavy atom. The van der Waals surface area contributed by atoms with Gasteiger partial charge in [-0.2, -0.15) is 0 Å². The summed E-state index contributed by atoms with van der Waals surface area (Å²) in [4.78, 5) is 15.4. The molecular formula is C11H19NO3. The smallest absolute Gasteiger partial charge is 0.353 e. The number of hydroxylamine groups is 1. The number of nitrogens with one attached hydrogen (secondary N) is 1. The summed E-state index contributed by atoms with van der Waals surface area (Å²) >= 11 is 0. The van der Waals surface area contributed by atoms with Crippen LogP contribution in [0.5, 0.6) is 0 Å². The summed E-state index contributed by atoms with van der Waals surface area (Å²) in [7, 11) is 0. The van der Waals surface area contributed by atoms with Crippen molar-refractivity contribution in [2.45, 2.75) is 38.5 Å². The largest absolute Gasteiger partial charge is 0.477 e. The van der Waals surface area contributed by atoms with E-state index in [2.05, 4.69) is 12.1 Å². The molecule has 0 heterocycles. The van der Waals surface area contributed by atoms with Gasteiger partial charge in [0.25, 0.3) is 0 Å². The number of carbonyl (C=O) groups is 1. The molecule has 0 unspecified atom stereocenters. The highest BCUT2D eigenvalue weighted by Gasteiger charge is 2.13. The van der Waals surface area contributed by atoms with Gasteiger partial charge >= 0.3 is 5.97 Å². The Morgan fingerprint density at radius 2 is 2.07 bits per heavy atom. The molecule has 0 aliphatic heterocycles. The highest BCUT2D eigenvalue weighted by Crippen LogP contribution is 2.25. The number of hydrogen-bond acceptors (Lipinski definition) is 3. The molecule has 0 aromatic heterocycles. The van der Waals surface area contributed by atoms with Crippen molar-refractivity contribution >= 4 is 5.97 Å². The number of rotatable bonds is 6. The Labute approximate surface area is 90.3 Å². The van der Waals surface area contributed by atoms with Crippen LogP contribution in [0, 0.1) is 5.92 Å². The predicted octanol–water partition coefficient (Wildman–Crippen LogP) is 2.08. The fraction of sp³-hybridized carbons (Fsp3) is 0.727. The molecule has 4 nitrogen and oxygen atoms in total. The van der Waals surface area contributed by atoms with Gasteiger partial charge in [0.2, 0.25) is 0 Å². The van der Waals surface area contributed by atoms with E-state index < -0.39 is 5.97 Å². The number of carboxylic acids is 1. The van der Waals surface area contributed by atoms with Crippen LogP contribution >= 0.6 is 0 Å². The SMILES string of the molecule is C=C(NOCCC1CCCCC1)C(=O)O. The van der Waals surface area contributed by atoms with Crippen LogP contribution < -0.4 is 5.48 Å². The lowest BCUT2D eigenvalue weighted by molar-refractivity contribution is -0.134. The molecular weight excluding hydrogens is 194 g/mol. The van der Waals surface area contributed by atoms with Gasteiger partial charge in [0.1, 0.15) is 5.70 Å². The van der Waals surface area contributed by atoms with Crippen molar-refractivity contribution in [3.05, 3.63) is 12.3 Å². The average Bonchev–Trinajstić information content (AvgIpc) is 2.25. The molecule has 1 aliphatic rings. The van der Waals surface area contributed by atoms with Crippen LogP contribution in [0.4, 0.5) is 0 Å². The van der Waals surface area contributed by atoms with Crippen molar-refractivity contribution in [1.82, 2.24) is 5.48 Å². The molecule has 0 amide bonds. The third kappa shape index (κ3) is 4.83. The molecule has 0 spiro atoms. The van der Waals surface area contributed by atoms with Gasteiger partial charge in [-0.05, 0) is 12.3 Å². The van der Waals surface area contributed by atoms with Crippen molar-refractivity contribution in [2.75, 3.05) is 6.61 Å². The van der Waals surface area contributed by atoms with Crippen LogP contribution in [-0.4, -0.2) is 17.7 Å². The highest BCUT2D eigenvalue weighted by atomic mass is 16.6. The minimum absolute atomic E-state index is 0.112. The molecule has 0 aromatic rings. The molecule has 1 fully saturated rings. The number of carboxylic acid groups (broad SMARTS) is 1. The van der Waals surface area contributed by atoms with Crippen molar-refractivity contribution in [2.24, 2.45) is 5.92 Å². The van der Waals surface area contributed by atoms with E-state index in [1.165, 1.54) is 32.1 Å². The molecule has 1 saturated carbocycles. The Balaban J connectivity index is 2.01. The summed E-state index contributed by atoms with van der Waals surface area (Å²) in [6.07, 6.45) is 7.55. The Bertz CT molecular complexity index is 222. The molecule has 15 heavy (non-hydrogen) atoms. The Kier molecular flexibility index (Phi) is 5.18. The molecule has 0 saturated heterocycles. The molecule has 0 bridgehead atoms. The van der Waals surface area contributed by atoms with Crippen LogP contribution in [0.15, 0.2) is 12.3 Å². The van der Waals surface area contributed by atoms with Crippen molar-refractivity contribution in [1.29, 1.82) is 0 Å². The normalized spacial score (nSPS) is 17.3. The highest BCUT2D eigenvalue weighted by molar-refractivity contribution is 5.84. The molecule has 1 aliphatic carbocycles. The van der Waals surface area contributed by atoms with E-state index in [4.69, 9.17) is 9.94 Å². The molecule has 1 rings (SSSR count). The lowest BCUT2D eigenvalue weighted by Crippen LogP contribution is -2.21.